The van der Waals surface area contributed by atoms with E-state index in [1.807, 2.05) is 50.2 Å². The molecule has 0 saturated heterocycles. The van der Waals surface area contributed by atoms with E-state index in [1.165, 1.54) is 0 Å². The van der Waals surface area contributed by atoms with E-state index >= 15 is 0 Å². The van der Waals surface area contributed by atoms with Crippen LogP contribution in [-0.2, 0) is 6.54 Å². The van der Waals surface area contributed by atoms with Gasteiger partial charge in [-0.05, 0) is 51.5 Å². The van der Waals surface area contributed by atoms with Crippen LogP contribution in [0.1, 0.15) is 30.8 Å². The highest BCUT2D eigenvalue weighted by Crippen LogP contribution is 2.17. The van der Waals surface area contributed by atoms with Gasteiger partial charge in [0.2, 0.25) is 0 Å². The van der Waals surface area contributed by atoms with Crippen LogP contribution in [0, 0.1) is 13.8 Å². The molecular formula is C20H28N4O. The minimum Gasteiger partial charge on any atom is -0.489 e. The topological polar surface area (TPSA) is 58.5 Å². The third kappa shape index (κ3) is 6.45. The van der Waals surface area contributed by atoms with Crippen molar-refractivity contribution in [3.63, 3.8) is 0 Å². The molecular weight excluding hydrogens is 312 g/mol. The molecule has 0 aliphatic carbocycles. The largest absolute Gasteiger partial charge is 0.489 e. The number of pyridine rings is 1. The number of benzene rings is 1. The van der Waals surface area contributed by atoms with Crippen molar-refractivity contribution in [2.75, 3.05) is 13.1 Å². The number of guanidine groups is 1. The van der Waals surface area contributed by atoms with E-state index < -0.39 is 0 Å². The van der Waals surface area contributed by atoms with E-state index in [-0.39, 0.29) is 6.10 Å². The van der Waals surface area contributed by atoms with Crippen LogP contribution in [0.25, 0.3) is 0 Å². The number of para-hydroxylation sites is 1. The smallest absolute Gasteiger partial charge is 0.191 e. The molecule has 2 N–H and O–H groups in total. The van der Waals surface area contributed by atoms with Gasteiger partial charge in [0, 0.05) is 12.2 Å². The zero-order valence-electron chi connectivity index (χ0n) is 15.5. The highest BCUT2D eigenvalue weighted by atomic mass is 16.5. The molecule has 0 fully saturated rings. The predicted octanol–water partition coefficient (Wildman–Crippen LogP) is 3.22. The molecule has 1 aromatic carbocycles. The molecule has 1 heterocycles. The van der Waals surface area contributed by atoms with Crippen LogP contribution in [0.2, 0.25) is 0 Å². The standard InChI is InChI=1S/C20H28N4O/c1-5-21-20(23-14-18-11-8-10-16(3)24-18)22-13-17(4)25-19-12-7-6-9-15(19)2/h6-12,17H,5,13-14H2,1-4H3,(H2,21,22,23). The summed E-state index contributed by atoms with van der Waals surface area (Å²) in [6, 6.07) is 14.0. The predicted molar refractivity (Wildman–Crippen MR) is 103 cm³/mol. The molecule has 0 radical (unpaired) electrons. The van der Waals surface area contributed by atoms with Gasteiger partial charge in [0.25, 0.3) is 0 Å². The molecule has 0 saturated carbocycles. The van der Waals surface area contributed by atoms with Gasteiger partial charge in [0.15, 0.2) is 5.96 Å². The van der Waals surface area contributed by atoms with Gasteiger partial charge >= 0.3 is 0 Å². The maximum absolute atomic E-state index is 5.99. The summed E-state index contributed by atoms with van der Waals surface area (Å²) in [7, 11) is 0. The summed E-state index contributed by atoms with van der Waals surface area (Å²) >= 11 is 0. The van der Waals surface area contributed by atoms with Crippen molar-refractivity contribution in [1.29, 1.82) is 0 Å². The van der Waals surface area contributed by atoms with E-state index in [1.54, 1.807) is 0 Å². The first kappa shape index (κ1) is 18.8. The number of aromatic nitrogens is 1. The number of nitrogens with one attached hydrogen (secondary N) is 2. The molecule has 0 aliphatic rings. The van der Waals surface area contributed by atoms with E-state index in [0.717, 1.165) is 35.2 Å². The maximum atomic E-state index is 5.99. The Morgan fingerprint density at radius 2 is 1.92 bits per heavy atom. The highest BCUT2D eigenvalue weighted by Gasteiger charge is 2.07. The van der Waals surface area contributed by atoms with Crippen molar-refractivity contribution >= 4 is 5.96 Å². The zero-order valence-corrected chi connectivity index (χ0v) is 15.5. The second-order valence-electron chi connectivity index (χ2n) is 6.04. The number of hydrogen-bond donors (Lipinski definition) is 2. The number of rotatable bonds is 7. The van der Waals surface area contributed by atoms with Gasteiger partial charge in [-0.15, -0.1) is 0 Å². The summed E-state index contributed by atoms with van der Waals surface area (Å²) in [5, 5.41) is 6.58. The minimum atomic E-state index is 0.0297. The average molecular weight is 340 g/mol. The quantitative estimate of drug-likeness (QED) is 0.600. The van der Waals surface area contributed by atoms with Gasteiger partial charge in [-0.1, -0.05) is 24.3 Å². The molecule has 0 amide bonds. The fourth-order valence-corrected chi connectivity index (χ4v) is 2.38. The molecule has 1 aromatic heterocycles. The first-order valence-electron chi connectivity index (χ1n) is 8.75. The van der Waals surface area contributed by atoms with Crippen LogP contribution in [0.3, 0.4) is 0 Å². The van der Waals surface area contributed by atoms with Crippen molar-refractivity contribution < 1.29 is 4.74 Å². The average Bonchev–Trinajstić information content (AvgIpc) is 2.59. The van der Waals surface area contributed by atoms with Crippen molar-refractivity contribution in [2.24, 2.45) is 4.99 Å². The van der Waals surface area contributed by atoms with Crippen LogP contribution >= 0.6 is 0 Å². The Labute approximate surface area is 150 Å². The number of aryl methyl sites for hydroxylation is 2. The summed E-state index contributed by atoms with van der Waals surface area (Å²) in [6.07, 6.45) is 0.0297. The Hall–Kier alpha value is -2.56. The Morgan fingerprint density at radius 3 is 2.64 bits per heavy atom. The van der Waals surface area contributed by atoms with Crippen molar-refractivity contribution in [2.45, 2.75) is 40.3 Å². The maximum Gasteiger partial charge on any atom is 0.191 e. The monoisotopic (exact) mass is 340 g/mol. The normalized spacial score (nSPS) is 12.6. The van der Waals surface area contributed by atoms with E-state index in [4.69, 9.17) is 4.74 Å². The molecule has 2 aromatic rings. The molecule has 25 heavy (non-hydrogen) atoms. The molecule has 1 unspecified atom stereocenters. The molecule has 2 rings (SSSR count). The Morgan fingerprint density at radius 1 is 1.12 bits per heavy atom. The molecule has 0 spiro atoms. The Balaban J connectivity index is 1.90. The second kappa shape index (κ2) is 9.67. The van der Waals surface area contributed by atoms with Gasteiger partial charge < -0.3 is 15.4 Å². The first-order valence-corrected chi connectivity index (χ1v) is 8.75. The fourth-order valence-electron chi connectivity index (χ4n) is 2.38. The molecule has 1 atom stereocenters. The summed E-state index contributed by atoms with van der Waals surface area (Å²) < 4.78 is 5.99. The summed E-state index contributed by atoms with van der Waals surface area (Å²) in [5.41, 5.74) is 3.10. The van der Waals surface area contributed by atoms with E-state index in [0.29, 0.717) is 13.1 Å². The zero-order chi connectivity index (χ0) is 18.1. The van der Waals surface area contributed by atoms with Crippen LogP contribution in [-0.4, -0.2) is 30.1 Å². The minimum absolute atomic E-state index is 0.0297. The Kier molecular flexibility index (Phi) is 7.26. The van der Waals surface area contributed by atoms with E-state index in [9.17, 15) is 0 Å². The highest BCUT2D eigenvalue weighted by molar-refractivity contribution is 5.79. The van der Waals surface area contributed by atoms with Gasteiger partial charge in [0.05, 0.1) is 18.8 Å². The van der Waals surface area contributed by atoms with E-state index in [2.05, 4.69) is 40.5 Å². The molecule has 5 heteroatoms. The lowest BCUT2D eigenvalue weighted by Crippen LogP contribution is -2.41. The van der Waals surface area contributed by atoms with Gasteiger partial charge in [-0.3, -0.25) is 4.98 Å². The number of ether oxygens (including phenoxy) is 1. The lowest BCUT2D eigenvalue weighted by molar-refractivity contribution is 0.222. The second-order valence-corrected chi connectivity index (χ2v) is 6.04. The molecule has 134 valence electrons. The summed E-state index contributed by atoms with van der Waals surface area (Å²) in [6.45, 7) is 10.2. The van der Waals surface area contributed by atoms with Gasteiger partial charge in [-0.25, -0.2) is 4.99 Å². The fraction of sp³-hybridized carbons (Fsp3) is 0.400. The third-order valence-corrected chi connectivity index (χ3v) is 3.67. The molecule has 0 bridgehead atoms. The van der Waals surface area contributed by atoms with Crippen molar-refractivity contribution in [3.05, 3.63) is 59.4 Å². The van der Waals surface area contributed by atoms with Crippen LogP contribution in [0.15, 0.2) is 47.5 Å². The first-order chi connectivity index (χ1) is 12.1. The Bertz CT molecular complexity index is 700. The van der Waals surface area contributed by atoms with Crippen LogP contribution in [0.5, 0.6) is 5.75 Å². The number of nitrogens with zero attached hydrogens (tertiary/aromatic N) is 2. The number of aliphatic imine (C=N–C) groups is 1. The number of hydrogen-bond acceptors (Lipinski definition) is 3. The van der Waals surface area contributed by atoms with Crippen LogP contribution < -0.4 is 15.4 Å². The van der Waals surface area contributed by atoms with Crippen molar-refractivity contribution in [3.8, 4) is 5.75 Å². The summed E-state index contributed by atoms with van der Waals surface area (Å²) in [4.78, 5) is 9.08. The molecule has 0 aliphatic heterocycles. The SMILES string of the molecule is CCNC(=NCc1cccc(C)n1)NCC(C)Oc1ccccc1C. The lowest BCUT2D eigenvalue weighted by atomic mass is 10.2. The molecule has 5 nitrogen and oxygen atoms in total. The van der Waals surface area contributed by atoms with Crippen LogP contribution in [0.4, 0.5) is 0 Å². The third-order valence-electron chi connectivity index (χ3n) is 3.67. The van der Waals surface area contributed by atoms with Gasteiger partial charge in [-0.2, -0.15) is 0 Å². The summed E-state index contributed by atoms with van der Waals surface area (Å²) in [5.74, 6) is 1.69. The lowest BCUT2D eigenvalue weighted by Gasteiger charge is -2.18. The van der Waals surface area contributed by atoms with Crippen molar-refractivity contribution in [1.82, 2.24) is 15.6 Å². The van der Waals surface area contributed by atoms with Gasteiger partial charge in [0.1, 0.15) is 11.9 Å².